The van der Waals surface area contributed by atoms with Crippen molar-refractivity contribution < 1.29 is 4.74 Å². The van der Waals surface area contributed by atoms with Crippen LogP contribution in [0.15, 0.2) is 46.9 Å². The number of ether oxygens (including phenoxy) is 1. The van der Waals surface area contributed by atoms with Gasteiger partial charge in [0.05, 0.1) is 7.11 Å². The highest BCUT2D eigenvalue weighted by Gasteiger charge is 2.08. The normalized spacial score (nSPS) is 10.5. The maximum atomic E-state index is 5.24. The number of rotatable bonds is 4. The van der Waals surface area contributed by atoms with Crippen LogP contribution >= 0.6 is 27.3 Å². The van der Waals surface area contributed by atoms with Gasteiger partial charge in [-0.3, -0.25) is 0 Å². The topological polar surface area (TPSA) is 47.0 Å². The molecular formula is C16H14BrN3OS. The Morgan fingerprint density at radius 2 is 2.00 bits per heavy atom. The molecule has 1 aromatic heterocycles. The van der Waals surface area contributed by atoms with Gasteiger partial charge in [-0.05, 0) is 42.8 Å². The second kappa shape index (κ2) is 6.46. The van der Waals surface area contributed by atoms with Gasteiger partial charge in [-0.1, -0.05) is 39.4 Å². The van der Waals surface area contributed by atoms with E-state index in [-0.39, 0.29) is 0 Å². The van der Waals surface area contributed by atoms with E-state index < -0.39 is 0 Å². The van der Waals surface area contributed by atoms with Gasteiger partial charge in [-0.15, -0.1) is 10.2 Å². The van der Waals surface area contributed by atoms with E-state index in [9.17, 15) is 0 Å². The number of hydrogen-bond acceptors (Lipinski definition) is 5. The number of hydrogen-bond donors (Lipinski definition) is 1. The van der Waals surface area contributed by atoms with E-state index in [1.807, 2.05) is 36.4 Å². The number of nitrogens with one attached hydrogen (secondary N) is 1. The molecule has 0 aliphatic carbocycles. The Balaban J connectivity index is 1.82. The fourth-order valence-corrected chi connectivity index (χ4v) is 3.00. The minimum Gasteiger partial charge on any atom is -0.497 e. The van der Waals surface area contributed by atoms with Crippen molar-refractivity contribution in [3.8, 4) is 16.3 Å². The van der Waals surface area contributed by atoms with Crippen molar-refractivity contribution in [3.63, 3.8) is 0 Å². The van der Waals surface area contributed by atoms with Crippen LogP contribution in [0.5, 0.6) is 5.75 Å². The van der Waals surface area contributed by atoms with Gasteiger partial charge in [0.15, 0.2) is 0 Å². The quantitative estimate of drug-likeness (QED) is 0.694. The summed E-state index contributed by atoms with van der Waals surface area (Å²) in [5.41, 5.74) is 3.16. The number of nitrogens with zero attached hydrogens (tertiary/aromatic N) is 2. The van der Waals surface area contributed by atoms with Crippen LogP contribution in [0.3, 0.4) is 0 Å². The highest BCUT2D eigenvalue weighted by atomic mass is 79.9. The fourth-order valence-electron chi connectivity index (χ4n) is 1.99. The van der Waals surface area contributed by atoms with Crippen molar-refractivity contribution in [1.82, 2.24) is 10.2 Å². The molecular weight excluding hydrogens is 362 g/mol. The zero-order chi connectivity index (χ0) is 15.5. The van der Waals surface area contributed by atoms with Gasteiger partial charge >= 0.3 is 0 Å². The fraction of sp³-hybridized carbons (Fsp3) is 0.125. The molecule has 0 unspecified atom stereocenters. The zero-order valence-electron chi connectivity index (χ0n) is 12.1. The van der Waals surface area contributed by atoms with Gasteiger partial charge in [-0.25, -0.2) is 0 Å². The van der Waals surface area contributed by atoms with Crippen LogP contribution < -0.4 is 10.1 Å². The maximum Gasteiger partial charge on any atom is 0.210 e. The third kappa shape index (κ3) is 3.28. The van der Waals surface area contributed by atoms with Crippen LogP contribution in [0.4, 0.5) is 10.8 Å². The predicted octanol–water partition coefficient (Wildman–Crippen LogP) is 5.03. The predicted molar refractivity (Wildman–Crippen MR) is 94.1 cm³/mol. The molecule has 0 fully saturated rings. The molecule has 0 spiro atoms. The molecule has 3 aromatic rings. The van der Waals surface area contributed by atoms with Crippen molar-refractivity contribution in [3.05, 3.63) is 52.5 Å². The summed E-state index contributed by atoms with van der Waals surface area (Å²) in [6.07, 6.45) is 0. The first-order valence-corrected chi connectivity index (χ1v) is 8.28. The molecule has 0 bridgehead atoms. The summed E-state index contributed by atoms with van der Waals surface area (Å²) < 4.78 is 6.33. The largest absolute Gasteiger partial charge is 0.497 e. The number of benzene rings is 2. The van der Waals surface area contributed by atoms with E-state index in [0.29, 0.717) is 0 Å². The molecule has 3 rings (SSSR count). The van der Waals surface area contributed by atoms with E-state index in [2.05, 4.69) is 44.4 Å². The summed E-state index contributed by atoms with van der Waals surface area (Å²) >= 11 is 5.01. The van der Waals surface area contributed by atoms with Crippen LogP contribution in [-0.4, -0.2) is 17.3 Å². The van der Waals surface area contributed by atoms with Crippen molar-refractivity contribution in [1.29, 1.82) is 0 Å². The molecule has 0 aliphatic rings. The smallest absolute Gasteiger partial charge is 0.210 e. The Labute approximate surface area is 141 Å². The lowest BCUT2D eigenvalue weighted by Gasteiger charge is -2.04. The molecule has 0 atom stereocenters. The van der Waals surface area contributed by atoms with E-state index in [0.717, 1.165) is 31.6 Å². The van der Waals surface area contributed by atoms with Crippen molar-refractivity contribution in [2.75, 3.05) is 12.4 Å². The number of aromatic nitrogens is 2. The second-order valence-corrected chi connectivity index (χ2v) is 6.57. The third-order valence-electron chi connectivity index (χ3n) is 3.15. The number of anilines is 2. The third-order valence-corrected chi connectivity index (χ3v) is 4.93. The standard InChI is InChI=1S/C16H14BrN3OS/c1-10-8-12(6-7-14(10)17)18-16-20-19-15(22-16)11-4-3-5-13(9-11)21-2/h3-9H,1-2H3,(H,18,20). The first-order chi connectivity index (χ1) is 10.7. The van der Waals surface area contributed by atoms with Gasteiger partial charge in [0.1, 0.15) is 10.8 Å². The highest BCUT2D eigenvalue weighted by molar-refractivity contribution is 9.10. The van der Waals surface area contributed by atoms with Gasteiger partial charge in [0, 0.05) is 15.7 Å². The molecule has 1 N–H and O–H groups in total. The molecule has 6 heteroatoms. The Kier molecular flexibility index (Phi) is 4.40. The van der Waals surface area contributed by atoms with E-state index in [4.69, 9.17) is 4.74 Å². The molecule has 22 heavy (non-hydrogen) atoms. The Morgan fingerprint density at radius 1 is 1.14 bits per heavy atom. The van der Waals surface area contributed by atoms with E-state index >= 15 is 0 Å². The van der Waals surface area contributed by atoms with Crippen LogP contribution in [0.2, 0.25) is 0 Å². The summed E-state index contributed by atoms with van der Waals surface area (Å²) in [6.45, 7) is 2.05. The summed E-state index contributed by atoms with van der Waals surface area (Å²) in [7, 11) is 1.65. The summed E-state index contributed by atoms with van der Waals surface area (Å²) in [5.74, 6) is 0.811. The number of halogens is 1. The zero-order valence-corrected chi connectivity index (χ0v) is 14.5. The monoisotopic (exact) mass is 375 g/mol. The Morgan fingerprint density at radius 3 is 2.77 bits per heavy atom. The van der Waals surface area contributed by atoms with Gasteiger partial charge in [0.25, 0.3) is 0 Å². The van der Waals surface area contributed by atoms with E-state index in [1.165, 1.54) is 16.9 Å². The minimum atomic E-state index is 0.763. The first-order valence-electron chi connectivity index (χ1n) is 6.67. The van der Waals surface area contributed by atoms with Crippen LogP contribution in [0.1, 0.15) is 5.56 Å². The molecule has 0 saturated heterocycles. The molecule has 0 aliphatic heterocycles. The molecule has 4 nitrogen and oxygen atoms in total. The molecule has 112 valence electrons. The SMILES string of the molecule is COc1cccc(-c2nnc(Nc3ccc(Br)c(C)c3)s2)c1. The molecule has 0 saturated carbocycles. The lowest BCUT2D eigenvalue weighted by molar-refractivity contribution is 0.415. The van der Waals surface area contributed by atoms with Crippen molar-refractivity contribution in [2.45, 2.75) is 6.92 Å². The minimum absolute atomic E-state index is 0.763. The average Bonchev–Trinajstić information content (AvgIpc) is 2.99. The molecule has 1 heterocycles. The van der Waals surface area contributed by atoms with Gasteiger partial charge in [0.2, 0.25) is 5.13 Å². The van der Waals surface area contributed by atoms with Crippen molar-refractivity contribution in [2.24, 2.45) is 0 Å². The summed E-state index contributed by atoms with van der Waals surface area (Å²) in [6, 6.07) is 13.9. The summed E-state index contributed by atoms with van der Waals surface area (Å²) in [5, 5.41) is 13.3. The van der Waals surface area contributed by atoms with Gasteiger partial charge < -0.3 is 10.1 Å². The number of methoxy groups -OCH3 is 1. The first kappa shape index (κ1) is 15.0. The maximum absolute atomic E-state index is 5.24. The lowest BCUT2D eigenvalue weighted by Crippen LogP contribution is -1.90. The Bertz CT molecular complexity index is 804. The van der Waals surface area contributed by atoms with Gasteiger partial charge in [-0.2, -0.15) is 0 Å². The van der Waals surface area contributed by atoms with E-state index in [1.54, 1.807) is 7.11 Å². The van der Waals surface area contributed by atoms with Crippen LogP contribution in [-0.2, 0) is 0 Å². The highest BCUT2D eigenvalue weighted by Crippen LogP contribution is 2.30. The lowest BCUT2D eigenvalue weighted by atomic mass is 10.2. The van der Waals surface area contributed by atoms with Crippen molar-refractivity contribution >= 4 is 38.1 Å². The molecule has 0 radical (unpaired) electrons. The number of aryl methyl sites for hydroxylation is 1. The summed E-state index contributed by atoms with van der Waals surface area (Å²) in [4.78, 5) is 0. The second-order valence-electron chi connectivity index (χ2n) is 4.73. The molecule has 2 aromatic carbocycles. The van der Waals surface area contributed by atoms with Crippen LogP contribution in [0, 0.1) is 6.92 Å². The molecule has 0 amide bonds. The average molecular weight is 376 g/mol. The Hall–Kier alpha value is -1.92. The van der Waals surface area contributed by atoms with Crippen LogP contribution in [0.25, 0.3) is 10.6 Å².